The number of aryl methyl sites for hydroxylation is 1. The number of halogens is 2. The van der Waals surface area contributed by atoms with Gasteiger partial charge in [0.1, 0.15) is 5.82 Å². The molecular weight excluding hydrogens is 317 g/mol. The van der Waals surface area contributed by atoms with Gasteiger partial charge in [-0.25, -0.2) is 12.8 Å². The van der Waals surface area contributed by atoms with Crippen molar-refractivity contribution in [2.75, 3.05) is 0 Å². The smallest absolute Gasteiger partial charge is 0.261 e. The van der Waals surface area contributed by atoms with Crippen molar-refractivity contribution < 1.29 is 17.6 Å². The highest BCUT2D eigenvalue weighted by atomic mass is 35.7. The van der Waals surface area contributed by atoms with Crippen molar-refractivity contribution in [2.45, 2.75) is 45.6 Å². The third-order valence-corrected chi connectivity index (χ3v) is 4.73. The van der Waals surface area contributed by atoms with E-state index in [0.29, 0.717) is 0 Å². The first-order valence-electron chi connectivity index (χ1n) is 6.39. The van der Waals surface area contributed by atoms with E-state index in [4.69, 9.17) is 10.7 Å². The zero-order valence-electron chi connectivity index (χ0n) is 12.6. The first kappa shape index (κ1) is 17.9. The fraction of sp³-hybridized carbons (Fsp3) is 0.500. The van der Waals surface area contributed by atoms with Crippen LogP contribution in [0.1, 0.15) is 43.6 Å². The van der Waals surface area contributed by atoms with Crippen LogP contribution in [0.5, 0.6) is 0 Å². The van der Waals surface area contributed by atoms with Gasteiger partial charge in [0.15, 0.2) is 0 Å². The number of hydrogen-bond donors (Lipinski definition) is 1. The van der Waals surface area contributed by atoms with Gasteiger partial charge < -0.3 is 5.32 Å². The summed E-state index contributed by atoms with van der Waals surface area (Å²) in [6.45, 7) is 8.97. The molecule has 0 fully saturated rings. The lowest BCUT2D eigenvalue weighted by molar-refractivity contribution is 0.0905. The molecule has 0 spiro atoms. The Hall–Kier alpha value is -1.14. The van der Waals surface area contributed by atoms with Gasteiger partial charge in [-0.2, -0.15) is 0 Å². The van der Waals surface area contributed by atoms with Crippen LogP contribution in [-0.4, -0.2) is 20.4 Å². The Balaban J connectivity index is 3.24. The molecule has 1 aromatic rings. The van der Waals surface area contributed by atoms with E-state index in [2.05, 4.69) is 5.32 Å². The molecule has 1 atom stereocenters. The van der Waals surface area contributed by atoms with Crippen LogP contribution >= 0.6 is 10.7 Å². The van der Waals surface area contributed by atoms with E-state index >= 15 is 0 Å². The third kappa shape index (κ3) is 4.41. The van der Waals surface area contributed by atoms with Gasteiger partial charge in [-0.15, -0.1) is 0 Å². The van der Waals surface area contributed by atoms with Gasteiger partial charge in [0.2, 0.25) is 0 Å². The van der Waals surface area contributed by atoms with E-state index in [1.165, 1.54) is 6.92 Å². The van der Waals surface area contributed by atoms with Crippen molar-refractivity contribution in [2.24, 2.45) is 5.41 Å². The predicted molar refractivity (Wildman–Crippen MR) is 80.6 cm³/mol. The Labute approximate surface area is 129 Å². The highest BCUT2D eigenvalue weighted by Gasteiger charge is 2.25. The van der Waals surface area contributed by atoms with Gasteiger partial charge in [-0.05, 0) is 37.0 Å². The number of rotatable bonds is 3. The molecule has 1 unspecified atom stereocenters. The van der Waals surface area contributed by atoms with Gasteiger partial charge in [-0.1, -0.05) is 20.8 Å². The zero-order chi connectivity index (χ0) is 16.6. The normalized spacial score (nSPS) is 13.9. The Morgan fingerprint density at radius 3 is 2.29 bits per heavy atom. The summed E-state index contributed by atoms with van der Waals surface area (Å²) in [4.78, 5) is 11.9. The van der Waals surface area contributed by atoms with E-state index in [9.17, 15) is 17.6 Å². The second kappa shape index (κ2) is 5.93. The quantitative estimate of drug-likeness (QED) is 0.862. The number of carbonyl (C=O) groups is 1. The highest BCUT2D eigenvalue weighted by molar-refractivity contribution is 8.13. The van der Waals surface area contributed by atoms with Crippen LogP contribution in [0.3, 0.4) is 0 Å². The molecule has 0 aromatic heterocycles. The average Bonchev–Trinajstić information content (AvgIpc) is 2.29. The molecule has 0 bridgehead atoms. The molecule has 21 heavy (non-hydrogen) atoms. The molecule has 7 heteroatoms. The molecule has 0 aliphatic heterocycles. The second-order valence-corrected chi connectivity index (χ2v) is 8.67. The van der Waals surface area contributed by atoms with E-state index in [0.717, 1.165) is 12.1 Å². The van der Waals surface area contributed by atoms with Crippen molar-refractivity contribution in [1.82, 2.24) is 5.32 Å². The van der Waals surface area contributed by atoms with Crippen molar-refractivity contribution in [3.63, 3.8) is 0 Å². The van der Waals surface area contributed by atoms with E-state index < -0.39 is 20.8 Å². The van der Waals surface area contributed by atoms with Crippen LogP contribution in [0, 0.1) is 18.2 Å². The van der Waals surface area contributed by atoms with Crippen LogP contribution in [0.2, 0.25) is 0 Å². The summed E-state index contributed by atoms with van der Waals surface area (Å²) in [7, 11) is 1.23. The Kier molecular flexibility index (Phi) is 5.05. The van der Waals surface area contributed by atoms with Crippen molar-refractivity contribution in [3.05, 3.63) is 29.1 Å². The number of nitrogens with one attached hydrogen (secondary N) is 1. The molecule has 4 nitrogen and oxygen atoms in total. The lowest BCUT2D eigenvalue weighted by Gasteiger charge is -2.28. The summed E-state index contributed by atoms with van der Waals surface area (Å²) in [5, 5.41) is 2.67. The summed E-state index contributed by atoms with van der Waals surface area (Å²) in [5.41, 5.74) is -0.493. The molecule has 0 radical (unpaired) electrons. The molecule has 0 heterocycles. The molecule has 0 saturated carbocycles. The lowest BCUT2D eigenvalue weighted by Crippen LogP contribution is -2.41. The summed E-state index contributed by atoms with van der Waals surface area (Å²) in [6, 6.07) is 1.83. The van der Waals surface area contributed by atoms with Crippen LogP contribution < -0.4 is 5.32 Å². The first-order valence-corrected chi connectivity index (χ1v) is 8.70. The van der Waals surface area contributed by atoms with Crippen LogP contribution in [0.4, 0.5) is 4.39 Å². The monoisotopic (exact) mass is 335 g/mol. The Morgan fingerprint density at radius 1 is 1.33 bits per heavy atom. The Morgan fingerprint density at radius 2 is 1.86 bits per heavy atom. The van der Waals surface area contributed by atoms with Gasteiger partial charge >= 0.3 is 0 Å². The minimum Gasteiger partial charge on any atom is -0.349 e. The minimum absolute atomic E-state index is 0.0466. The summed E-state index contributed by atoms with van der Waals surface area (Å²) in [5.74, 6) is -1.42. The lowest BCUT2D eigenvalue weighted by atomic mass is 9.88. The van der Waals surface area contributed by atoms with Crippen LogP contribution in [0.25, 0.3) is 0 Å². The van der Waals surface area contributed by atoms with Gasteiger partial charge in [0.25, 0.3) is 15.0 Å². The van der Waals surface area contributed by atoms with Crippen LogP contribution in [-0.2, 0) is 9.05 Å². The fourth-order valence-electron chi connectivity index (χ4n) is 1.53. The predicted octanol–water partition coefficient (Wildman–Crippen LogP) is 3.23. The van der Waals surface area contributed by atoms with Crippen molar-refractivity contribution in [1.29, 1.82) is 0 Å². The summed E-state index contributed by atoms with van der Waals surface area (Å²) in [6.07, 6.45) is 0. The molecule has 1 rings (SSSR count). The molecule has 1 N–H and O–H groups in total. The Bertz CT molecular complexity index is 666. The molecule has 0 aliphatic carbocycles. The standard InChI is InChI=1S/C14H19ClFNO3S/c1-8-6-10(21(15,19)20)7-11(12(8)16)13(18)17-9(2)14(3,4)5/h6-7,9H,1-5H3,(H,17,18). The zero-order valence-corrected chi connectivity index (χ0v) is 14.2. The topological polar surface area (TPSA) is 63.2 Å². The van der Waals surface area contributed by atoms with Crippen molar-refractivity contribution in [3.8, 4) is 0 Å². The fourth-order valence-corrected chi connectivity index (χ4v) is 2.38. The number of amides is 1. The highest BCUT2D eigenvalue weighted by Crippen LogP contribution is 2.23. The van der Waals surface area contributed by atoms with E-state index in [1.54, 1.807) is 6.92 Å². The first-order chi connectivity index (χ1) is 9.34. The van der Waals surface area contributed by atoms with Gasteiger partial charge in [-0.3, -0.25) is 4.79 Å². The molecule has 1 aromatic carbocycles. The van der Waals surface area contributed by atoms with Crippen LogP contribution in [0.15, 0.2) is 17.0 Å². The number of carbonyl (C=O) groups excluding carboxylic acids is 1. The molecule has 118 valence electrons. The molecule has 0 aliphatic rings. The molecular formula is C14H19ClFNO3S. The average molecular weight is 336 g/mol. The number of hydrogen-bond acceptors (Lipinski definition) is 3. The largest absolute Gasteiger partial charge is 0.349 e. The maximum Gasteiger partial charge on any atom is 0.261 e. The summed E-state index contributed by atoms with van der Waals surface area (Å²) < 4.78 is 36.8. The second-order valence-electron chi connectivity index (χ2n) is 6.10. The van der Waals surface area contributed by atoms with E-state index in [-0.39, 0.29) is 27.5 Å². The maximum absolute atomic E-state index is 14.1. The number of benzene rings is 1. The molecule has 1 amide bonds. The maximum atomic E-state index is 14.1. The SMILES string of the molecule is Cc1cc(S(=O)(=O)Cl)cc(C(=O)NC(C)C(C)(C)C)c1F. The van der Waals surface area contributed by atoms with Gasteiger partial charge in [0.05, 0.1) is 10.5 Å². The molecule has 0 saturated heterocycles. The van der Waals surface area contributed by atoms with Gasteiger partial charge in [0, 0.05) is 16.7 Å². The minimum atomic E-state index is -4.03. The summed E-state index contributed by atoms with van der Waals surface area (Å²) >= 11 is 0. The third-order valence-electron chi connectivity index (χ3n) is 3.40. The van der Waals surface area contributed by atoms with E-state index in [1.807, 2.05) is 20.8 Å². The van der Waals surface area contributed by atoms with Crippen molar-refractivity contribution >= 4 is 25.6 Å².